The highest BCUT2D eigenvalue weighted by atomic mass is 16.5. The minimum Gasteiger partial charge on any atom is -0.496 e. The molecule has 4 aromatic rings. The molecule has 2 aromatic carbocycles. The van der Waals surface area contributed by atoms with E-state index in [2.05, 4.69) is 4.98 Å². The summed E-state index contributed by atoms with van der Waals surface area (Å²) in [6, 6.07) is 13.6. The van der Waals surface area contributed by atoms with Gasteiger partial charge in [0.05, 0.1) is 18.4 Å². The van der Waals surface area contributed by atoms with Crippen LogP contribution >= 0.6 is 0 Å². The first kappa shape index (κ1) is 19.3. The summed E-state index contributed by atoms with van der Waals surface area (Å²) in [6.07, 6.45) is 3.37. The Kier molecular flexibility index (Phi) is 4.97. The first-order valence-corrected chi connectivity index (χ1v) is 9.15. The minimum absolute atomic E-state index is 0.128. The Bertz CT molecular complexity index is 1290. The molecule has 0 atom stereocenters. The number of carboxylic acid groups (broad SMARTS) is 1. The first-order valence-electron chi connectivity index (χ1n) is 9.15. The maximum Gasteiger partial charge on any atom is 0.335 e. The van der Waals surface area contributed by atoms with Gasteiger partial charge in [0, 0.05) is 30.6 Å². The molecule has 0 aliphatic carbocycles. The van der Waals surface area contributed by atoms with E-state index in [0.29, 0.717) is 22.8 Å². The molecule has 152 valence electrons. The average molecular weight is 405 g/mol. The van der Waals surface area contributed by atoms with E-state index in [0.717, 1.165) is 11.1 Å². The second-order valence-corrected chi connectivity index (χ2v) is 6.68. The van der Waals surface area contributed by atoms with Crippen molar-refractivity contribution in [3.05, 3.63) is 82.7 Å². The highest BCUT2D eigenvalue weighted by Gasteiger charge is 2.16. The predicted octanol–water partition coefficient (Wildman–Crippen LogP) is 2.99. The fourth-order valence-corrected chi connectivity index (χ4v) is 3.22. The number of fused-ring (bicyclic) bond motifs is 1. The predicted molar refractivity (Wildman–Crippen MR) is 110 cm³/mol. The van der Waals surface area contributed by atoms with E-state index >= 15 is 0 Å². The third-order valence-electron chi connectivity index (χ3n) is 4.71. The molecule has 30 heavy (non-hydrogen) atoms. The third-order valence-corrected chi connectivity index (χ3v) is 4.71. The van der Waals surface area contributed by atoms with Gasteiger partial charge in [0.1, 0.15) is 18.1 Å². The molecule has 0 saturated carbocycles. The van der Waals surface area contributed by atoms with E-state index < -0.39 is 5.97 Å². The lowest BCUT2D eigenvalue weighted by atomic mass is 10.1. The Hall–Kier alpha value is -4.07. The van der Waals surface area contributed by atoms with Gasteiger partial charge in [-0.2, -0.15) is 0 Å². The van der Waals surface area contributed by atoms with E-state index in [1.807, 2.05) is 24.3 Å². The van der Waals surface area contributed by atoms with E-state index in [9.17, 15) is 9.59 Å². The number of carbonyl (C=O) groups is 1. The van der Waals surface area contributed by atoms with Crippen molar-refractivity contribution < 1.29 is 19.4 Å². The molecule has 1 N–H and O–H groups in total. The van der Waals surface area contributed by atoms with Crippen molar-refractivity contribution in [1.82, 2.24) is 14.0 Å². The molecule has 4 rings (SSSR count). The summed E-state index contributed by atoms with van der Waals surface area (Å²) in [5, 5.41) is 8.98. The SMILES string of the molecule is COc1ccccc1-c1cn(C)c(=O)n2cc(COc3ccc(C(=O)O)cc3)nc12. The number of hydrogen-bond donors (Lipinski definition) is 1. The smallest absolute Gasteiger partial charge is 0.335 e. The van der Waals surface area contributed by atoms with Gasteiger partial charge in [-0.25, -0.2) is 14.6 Å². The van der Waals surface area contributed by atoms with Gasteiger partial charge in [0.2, 0.25) is 0 Å². The number of carboxylic acids is 1. The summed E-state index contributed by atoms with van der Waals surface area (Å²) in [5.41, 5.74) is 2.60. The number of hydrogen-bond acceptors (Lipinski definition) is 5. The highest BCUT2D eigenvalue weighted by molar-refractivity contribution is 5.87. The van der Waals surface area contributed by atoms with Crippen molar-refractivity contribution >= 4 is 11.6 Å². The van der Waals surface area contributed by atoms with Crippen LogP contribution in [0.15, 0.2) is 65.7 Å². The molecule has 0 saturated heterocycles. The number of imidazole rings is 1. The standard InChI is InChI=1S/C22H19N3O5/c1-24-12-18(17-5-3-4-6-19(17)29-2)20-23-15(11-25(20)22(24)28)13-30-16-9-7-14(8-10-16)21(26)27/h3-12H,13H2,1-2H3,(H,26,27). The van der Waals surface area contributed by atoms with Crippen LogP contribution in [0.2, 0.25) is 0 Å². The minimum atomic E-state index is -0.999. The summed E-state index contributed by atoms with van der Waals surface area (Å²) in [5.74, 6) is 0.189. The number of aryl methyl sites for hydroxylation is 1. The molecule has 0 bridgehead atoms. The van der Waals surface area contributed by atoms with Crippen LogP contribution in [0.4, 0.5) is 0 Å². The zero-order chi connectivity index (χ0) is 21.3. The first-order chi connectivity index (χ1) is 14.5. The third kappa shape index (κ3) is 3.50. The molecule has 0 aliphatic rings. The van der Waals surface area contributed by atoms with Crippen molar-refractivity contribution in [2.24, 2.45) is 7.05 Å². The van der Waals surface area contributed by atoms with Crippen LogP contribution in [0.1, 0.15) is 16.1 Å². The molecular formula is C22H19N3O5. The zero-order valence-corrected chi connectivity index (χ0v) is 16.4. The maximum absolute atomic E-state index is 12.6. The molecule has 0 radical (unpaired) electrons. The molecule has 0 spiro atoms. The molecule has 0 unspecified atom stereocenters. The molecule has 0 fully saturated rings. The Morgan fingerprint density at radius 1 is 1.07 bits per heavy atom. The van der Waals surface area contributed by atoms with Gasteiger partial charge in [0.15, 0.2) is 5.65 Å². The van der Waals surface area contributed by atoms with Crippen LogP contribution in [0.25, 0.3) is 16.8 Å². The van der Waals surface area contributed by atoms with Gasteiger partial charge in [-0.1, -0.05) is 18.2 Å². The fraction of sp³-hybridized carbons (Fsp3) is 0.136. The lowest BCUT2D eigenvalue weighted by Gasteiger charge is -2.10. The highest BCUT2D eigenvalue weighted by Crippen LogP contribution is 2.31. The van der Waals surface area contributed by atoms with Gasteiger partial charge in [-0.05, 0) is 30.3 Å². The van der Waals surface area contributed by atoms with Crippen LogP contribution in [0.3, 0.4) is 0 Å². The average Bonchev–Trinajstić information content (AvgIpc) is 3.19. The van der Waals surface area contributed by atoms with E-state index in [1.165, 1.54) is 21.1 Å². The van der Waals surface area contributed by atoms with Crippen LogP contribution < -0.4 is 15.2 Å². The molecular weight excluding hydrogens is 386 g/mol. The molecule has 0 aliphatic heterocycles. The van der Waals surface area contributed by atoms with Crippen molar-refractivity contribution in [2.45, 2.75) is 6.61 Å². The Labute approximate surface area is 171 Å². The number of para-hydroxylation sites is 1. The number of aromatic carboxylic acids is 1. The van der Waals surface area contributed by atoms with Gasteiger partial charge in [-0.3, -0.25) is 4.40 Å². The van der Waals surface area contributed by atoms with Crippen molar-refractivity contribution in [3.63, 3.8) is 0 Å². The summed E-state index contributed by atoms with van der Waals surface area (Å²) >= 11 is 0. The van der Waals surface area contributed by atoms with E-state index in [-0.39, 0.29) is 17.9 Å². The normalized spacial score (nSPS) is 10.9. The Balaban J connectivity index is 1.70. The van der Waals surface area contributed by atoms with Gasteiger partial charge < -0.3 is 19.1 Å². The Morgan fingerprint density at radius 3 is 2.50 bits per heavy atom. The monoisotopic (exact) mass is 405 g/mol. The molecule has 2 heterocycles. The molecule has 0 amide bonds. The number of nitrogens with zero attached hydrogens (tertiary/aromatic N) is 3. The van der Waals surface area contributed by atoms with E-state index in [1.54, 1.807) is 38.7 Å². The number of rotatable bonds is 6. The zero-order valence-electron chi connectivity index (χ0n) is 16.4. The second kappa shape index (κ2) is 7.75. The van der Waals surface area contributed by atoms with Crippen LogP contribution in [0, 0.1) is 0 Å². The summed E-state index contributed by atoms with van der Waals surface area (Å²) in [7, 11) is 3.28. The maximum atomic E-state index is 12.6. The number of benzene rings is 2. The second-order valence-electron chi connectivity index (χ2n) is 6.68. The van der Waals surface area contributed by atoms with Crippen LogP contribution in [0.5, 0.6) is 11.5 Å². The van der Waals surface area contributed by atoms with Crippen molar-refractivity contribution in [2.75, 3.05) is 7.11 Å². The van der Waals surface area contributed by atoms with Crippen molar-refractivity contribution in [1.29, 1.82) is 0 Å². The van der Waals surface area contributed by atoms with Gasteiger partial charge in [0.25, 0.3) is 0 Å². The quantitative estimate of drug-likeness (QED) is 0.530. The number of methoxy groups -OCH3 is 1. The van der Waals surface area contributed by atoms with Crippen molar-refractivity contribution in [3.8, 4) is 22.6 Å². The molecule has 2 aromatic heterocycles. The fourth-order valence-electron chi connectivity index (χ4n) is 3.22. The molecule has 8 heteroatoms. The van der Waals surface area contributed by atoms with Gasteiger partial charge in [-0.15, -0.1) is 0 Å². The number of aromatic nitrogens is 3. The lowest BCUT2D eigenvalue weighted by molar-refractivity contribution is 0.0697. The lowest BCUT2D eigenvalue weighted by Crippen LogP contribution is -2.23. The summed E-state index contributed by atoms with van der Waals surface area (Å²) < 4.78 is 14.2. The van der Waals surface area contributed by atoms with Gasteiger partial charge >= 0.3 is 11.7 Å². The molecule has 8 nitrogen and oxygen atoms in total. The summed E-state index contributed by atoms with van der Waals surface area (Å²) in [6.45, 7) is 0.128. The van der Waals surface area contributed by atoms with Crippen LogP contribution in [-0.4, -0.2) is 32.1 Å². The van der Waals surface area contributed by atoms with Crippen LogP contribution in [-0.2, 0) is 13.7 Å². The summed E-state index contributed by atoms with van der Waals surface area (Å²) in [4.78, 5) is 28.2. The largest absolute Gasteiger partial charge is 0.496 e. The topological polar surface area (TPSA) is 95.1 Å². The Morgan fingerprint density at radius 2 is 1.80 bits per heavy atom. The van der Waals surface area contributed by atoms with E-state index in [4.69, 9.17) is 14.6 Å². The number of ether oxygens (including phenoxy) is 2.